The van der Waals surface area contributed by atoms with Gasteiger partial charge < -0.3 is 20.3 Å². The first-order valence-corrected chi connectivity index (χ1v) is 10.4. The minimum atomic E-state index is -0.169. The number of nitrogens with one attached hydrogen (secondary N) is 2. The van der Waals surface area contributed by atoms with Gasteiger partial charge in [0.1, 0.15) is 5.75 Å². The molecule has 0 atom stereocenters. The van der Waals surface area contributed by atoms with Gasteiger partial charge in [0.2, 0.25) is 0 Å². The Bertz CT molecular complexity index is 1020. The molecule has 0 spiro atoms. The predicted octanol–water partition coefficient (Wildman–Crippen LogP) is 4.91. The third-order valence-corrected chi connectivity index (χ3v) is 5.25. The van der Waals surface area contributed by atoms with Crippen LogP contribution in [0.3, 0.4) is 0 Å². The van der Waals surface area contributed by atoms with Crippen LogP contribution in [0.5, 0.6) is 11.5 Å². The van der Waals surface area contributed by atoms with Crippen molar-refractivity contribution in [2.45, 2.75) is 18.9 Å². The van der Waals surface area contributed by atoms with E-state index in [4.69, 9.17) is 4.74 Å². The summed E-state index contributed by atoms with van der Waals surface area (Å²) in [5.41, 5.74) is 1.27. The molecule has 6 nitrogen and oxygen atoms in total. The fourth-order valence-corrected chi connectivity index (χ4v) is 3.55. The van der Waals surface area contributed by atoms with Crippen LogP contribution in [-0.2, 0) is 0 Å². The van der Waals surface area contributed by atoms with Crippen LogP contribution in [0.1, 0.15) is 23.2 Å². The molecule has 0 radical (unpaired) electrons. The number of hydrogen-bond acceptors (Lipinski definition) is 3. The summed E-state index contributed by atoms with van der Waals surface area (Å²) in [6.07, 6.45) is 1.43. The van der Waals surface area contributed by atoms with Crippen molar-refractivity contribution < 1.29 is 14.3 Å². The standard InChI is InChI=1S/C25H25N3O3/c29-24(19-9-3-1-4-10-19)26-20-15-17-28(18-16-20)25(30)27-22-13-7-8-14-23(22)31-21-11-5-2-6-12-21/h1-14,20H,15-18H2,(H,26,29)(H,27,30). The van der Waals surface area contributed by atoms with Crippen LogP contribution >= 0.6 is 0 Å². The van der Waals surface area contributed by atoms with E-state index in [0.717, 1.165) is 0 Å². The molecule has 3 aromatic carbocycles. The first-order valence-electron chi connectivity index (χ1n) is 10.4. The van der Waals surface area contributed by atoms with E-state index in [-0.39, 0.29) is 18.0 Å². The Hall–Kier alpha value is -3.80. The highest BCUT2D eigenvalue weighted by Gasteiger charge is 2.24. The summed E-state index contributed by atoms with van der Waals surface area (Å²) in [6, 6.07) is 25.9. The van der Waals surface area contributed by atoms with Crippen molar-refractivity contribution in [3.63, 3.8) is 0 Å². The largest absolute Gasteiger partial charge is 0.455 e. The third-order valence-electron chi connectivity index (χ3n) is 5.25. The topological polar surface area (TPSA) is 70.7 Å². The van der Waals surface area contributed by atoms with E-state index >= 15 is 0 Å². The van der Waals surface area contributed by atoms with Crippen molar-refractivity contribution in [3.05, 3.63) is 90.5 Å². The maximum Gasteiger partial charge on any atom is 0.321 e. The number of amides is 3. The summed E-state index contributed by atoms with van der Waals surface area (Å²) in [4.78, 5) is 26.9. The van der Waals surface area contributed by atoms with Gasteiger partial charge in [-0.05, 0) is 49.2 Å². The second-order valence-electron chi connectivity index (χ2n) is 7.44. The molecule has 0 aliphatic carbocycles. The van der Waals surface area contributed by atoms with Gasteiger partial charge in [0, 0.05) is 24.7 Å². The van der Waals surface area contributed by atoms with Crippen LogP contribution in [0.25, 0.3) is 0 Å². The first-order chi connectivity index (χ1) is 15.2. The molecule has 31 heavy (non-hydrogen) atoms. The number of ether oxygens (including phenoxy) is 1. The molecule has 0 bridgehead atoms. The van der Waals surface area contributed by atoms with Crippen LogP contribution in [-0.4, -0.2) is 36.0 Å². The Morgan fingerprint density at radius 3 is 2.13 bits per heavy atom. The molecule has 0 saturated carbocycles. The monoisotopic (exact) mass is 415 g/mol. The summed E-state index contributed by atoms with van der Waals surface area (Å²) in [6.45, 7) is 1.15. The number of carbonyl (C=O) groups is 2. The van der Waals surface area contributed by atoms with Crippen molar-refractivity contribution >= 4 is 17.6 Å². The smallest absolute Gasteiger partial charge is 0.321 e. The van der Waals surface area contributed by atoms with Crippen molar-refractivity contribution in [1.29, 1.82) is 0 Å². The lowest BCUT2D eigenvalue weighted by atomic mass is 10.0. The van der Waals surface area contributed by atoms with Crippen LogP contribution < -0.4 is 15.4 Å². The fourth-order valence-electron chi connectivity index (χ4n) is 3.55. The molecule has 0 unspecified atom stereocenters. The summed E-state index contributed by atoms with van der Waals surface area (Å²) in [5, 5.41) is 6.02. The average Bonchev–Trinajstić information content (AvgIpc) is 2.82. The van der Waals surface area contributed by atoms with Gasteiger partial charge in [-0.1, -0.05) is 48.5 Å². The Morgan fingerprint density at radius 1 is 0.806 bits per heavy atom. The van der Waals surface area contributed by atoms with Gasteiger partial charge in [-0.25, -0.2) is 4.79 Å². The SMILES string of the molecule is O=C(NC1CCN(C(=O)Nc2ccccc2Oc2ccccc2)CC1)c1ccccc1. The van der Waals surface area contributed by atoms with Crippen molar-refractivity contribution in [3.8, 4) is 11.5 Å². The van der Waals surface area contributed by atoms with Crippen LogP contribution in [0, 0.1) is 0 Å². The maximum atomic E-state index is 12.8. The number of anilines is 1. The summed E-state index contributed by atoms with van der Waals surface area (Å²) >= 11 is 0. The van der Waals surface area contributed by atoms with Gasteiger partial charge in [0.25, 0.3) is 5.91 Å². The van der Waals surface area contributed by atoms with Gasteiger partial charge in [-0.15, -0.1) is 0 Å². The van der Waals surface area contributed by atoms with Gasteiger partial charge in [0.05, 0.1) is 5.69 Å². The summed E-state index contributed by atoms with van der Waals surface area (Å²) < 4.78 is 5.92. The zero-order valence-electron chi connectivity index (χ0n) is 17.2. The molecule has 1 saturated heterocycles. The number of urea groups is 1. The zero-order valence-corrected chi connectivity index (χ0v) is 17.2. The quantitative estimate of drug-likeness (QED) is 0.622. The van der Waals surface area contributed by atoms with E-state index < -0.39 is 0 Å². The lowest BCUT2D eigenvalue weighted by Crippen LogP contribution is -2.47. The number of hydrogen-bond donors (Lipinski definition) is 2. The molecule has 4 rings (SSSR count). The third kappa shape index (κ3) is 5.42. The van der Waals surface area contributed by atoms with Crippen molar-refractivity contribution in [2.75, 3.05) is 18.4 Å². The van der Waals surface area contributed by atoms with Crippen LogP contribution in [0.15, 0.2) is 84.9 Å². The van der Waals surface area contributed by atoms with E-state index in [1.165, 1.54) is 0 Å². The predicted molar refractivity (Wildman–Crippen MR) is 120 cm³/mol. The van der Waals surface area contributed by atoms with Crippen molar-refractivity contribution in [1.82, 2.24) is 10.2 Å². The number of likely N-dealkylation sites (tertiary alicyclic amines) is 1. The molecular weight excluding hydrogens is 390 g/mol. The van der Waals surface area contributed by atoms with E-state index in [1.807, 2.05) is 72.8 Å². The zero-order chi connectivity index (χ0) is 21.5. The summed E-state index contributed by atoms with van der Waals surface area (Å²) in [7, 11) is 0. The number of nitrogens with zero attached hydrogens (tertiary/aromatic N) is 1. The number of carbonyl (C=O) groups excluding carboxylic acids is 2. The molecule has 0 aromatic heterocycles. The molecule has 3 amide bonds. The van der Waals surface area contributed by atoms with E-state index in [2.05, 4.69) is 10.6 Å². The minimum absolute atomic E-state index is 0.0606. The number of para-hydroxylation sites is 3. The maximum absolute atomic E-state index is 12.8. The van der Waals surface area contributed by atoms with Gasteiger partial charge in [0.15, 0.2) is 5.75 Å². The second-order valence-corrected chi connectivity index (χ2v) is 7.44. The van der Waals surface area contributed by atoms with Crippen LogP contribution in [0.2, 0.25) is 0 Å². The molecule has 1 fully saturated rings. The lowest BCUT2D eigenvalue weighted by Gasteiger charge is -2.32. The molecular formula is C25H25N3O3. The molecule has 1 aliphatic rings. The van der Waals surface area contributed by atoms with Gasteiger partial charge in [-0.3, -0.25) is 4.79 Å². The molecule has 6 heteroatoms. The second kappa shape index (κ2) is 9.80. The normalized spacial score (nSPS) is 14.0. The highest BCUT2D eigenvalue weighted by molar-refractivity contribution is 5.94. The van der Waals surface area contributed by atoms with Gasteiger partial charge >= 0.3 is 6.03 Å². The van der Waals surface area contributed by atoms with Crippen molar-refractivity contribution in [2.24, 2.45) is 0 Å². The Morgan fingerprint density at radius 2 is 1.42 bits per heavy atom. The Labute approximate surface area is 181 Å². The number of piperidine rings is 1. The van der Waals surface area contributed by atoms with E-state index in [1.54, 1.807) is 17.0 Å². The Kier molecular flexibility index (Phi) is 6.47. The number of benzene rings is 3. The highest BCUT2D eigenvalue weighted by atomic mass is 16.5. The highest BCUT2D eigenvalue weighted by Crippen LogP contribution is 2.29. The number of rotatable bonds is 5. The first kappa shape index (κ1) is 20.5. The van der Waals surface area contributed by atoms with Crippen LogP contribution in [0.4, 0.5) is 10.5 Å². The average molecular weight is 415 g/mol. The minimum Gasteiger partial charge on any atom is -0.455 e. The molecule has 1 heterocycles. The Balaban J connectivity index is 1.31. The van der Waals surface area contributed by atoms with Gasteiger partial charge in [-0.2, -0.15) is 0 Å². The molecule has 158 valence electrons. The van der Waals surface area contributed by atoms with E-state index in [0.29, 0.717) is 48.7 Å². The summed E-state index contributed by atoms with van der Waals surface area (Å²) in [5.74, 6) is 1.22. The van der Waals surface area contributed by atoms with E-state index in [9.17, 15) is 9.59 Å². The molecule has 2 N–H and O–H groups in total. The molecule has 3 aromatic rings. The molecule has 1 aliphatic heterocycles. The fraction of sp³-hybridized carbons (Fsp3) is 0.200. The lowest BCUT2D eigenvalue weighted by molar-refractivity contribution is 0.0919.